The summed E-state index contributed by atoms with van der Waals surface area (Å²) in [6.45, 7) is 0. The smallest absolute Gasteiger partial charge is 1.00 e. The van der Waals surface area contributed by atoms with Crippen LogP contribution in [0.15, 0.2) is 0 Å². The standard InChI is InChI=1S/2BrH.2H2O.Ti/h2*1H;2*1H2;/q;;;;+4/p-4. The third kappa shape index (κ3) is 28.4. The number of hydrogen-bond donors (Lipinski definition) is 0. The molecule has 0 radical (unpaired) electrons. The van der Waals surface area contributed by atoms with E-state index in [1.54, 1.807) is 0 Å². The third-order valence-corrected chi connectivity index (χ3v) is 0. The Kier molecular flexibility index (Phi) is 754. The molecule has 5 heavy (non-hydrogen) atoms. The summed E-state index contributed by atoms with van der Waals surface area (Å²) in [5, 5.41) is 0. The molecule has 0 amide bonds. The van der Waals surface area contributed by atoms with Crippen LogP contribution in [0, 0.1) is 0 Å². The summed E-state index contributed by atoms with van der Waals surface area (Å²) in [4.78, 5) is 0. The van der Waals surface area contributed by atoms with Crippen molar-refractivity contribution in [2.24, 2.45) is 0 Å². The molecule has 0 fully saturated rings. The summed E-state index contributed by atoms with van der Waals surface area (Å²) < 4.78 is 0. The van der Waals surface area contributed by atoms with Crippen LogP contribution in [0.1, 0.15) is 0 Å². The first-order valence-electron chi connectivity index (χ1n) is 0. The zero-order valence-electron chi connectivity index (χ0n) is 2.15. The van der Waals surface area contributed by atoms with E-state index in [4.69, 9.17) is 0 Å². The van der Waals surface area contributed by atoms with Gasteiger partial charge in [0.15, 0.2) is 0 Å². The monoisotopic (exact) mass is 240 g/mol. The molecular weight excluding hydrogens is 240 g/mol. The second-order valence-electron chi connectivity index (χ2n) is 0. The Morgan fingerprint density at radius 1 is 0.600 bits per heavy atom. The van der Waals surface area contributed by atoms with Crippen LogP contribution in [0.3, 0.4) is 0 Å². The van der Waals surface area contributed by atoms with Gasteiger partial charge in [-0.25, -0.2) is 0 Å². The first-order chi connectivity index (χ1) is 0. The Balaban J connectivity index is 0. The van der Waals surface area contributed by atoms with Gasteiger partial charge in [-0.15, -0.1) is 0 Å². The summed E-state index contributed by atoms with van der Waals surface area (Å²) in [7, 11) is 0. The van der Waals surface area contributed by atoms with Crippen molar-refractivity contribution in [3.63, 3.8) is 0 Å². The van der Waals surface area contributed by atoms with Crippen LogP contribution in [-0.4, -0.2) is 11.0 Å². The van der Waals surface area contributed by atoms with Gasteiger partial charge in [-0.3, -0.25) is 0 Å². The molecule has 0 aromatic carbocycles. The Morgan fingerprint density at radius 3 is 0.600 bits per heavy atom. The van der Waals surface area contributed by atoms with E-state index in [-0.39, 0.29) is 66.6 Å². The Hall–Kier alpha value is 1.59. The fraction of sp³-hybridized carbons (Fsp3) is 0. The second kappa shape index (κ2) is 46.5. The van der Waals surface area contributed by atoms with E-state index < -0.39 is 0 Å². The van der Waals surface area contributed by atoms with Gasteiger partial charge < -0.3 is 44.9 Å². The van der Waals surface area contributed by atoms with Crippen molar-refractivity contribution in [2.45, 2.75) is 0 Å². The summed E-state index contributed by atoms with van der Waals surface area (Å²) >= 11 is 0. The predicted molar refractivity (Wildman–Crippen MR) is 3.87 cm³/mol. The fourth-order valence-corrected chi connectivity index (χ4v) is 0. The van der Waals surface area contributed by atoms with Gasteiger partial charge in [0.05, 0.1) is 0 Å². The largest absolute Gasteiger partial charge is 4.00 e. The average molecular weight is 242 g/mol. The van der Waals surface area contributed by atoms with Gasteiger partial charge in [0, 0.05) is 0 Å². The van der Waals surface area contributed by atoms with Gasteiger partial charge in [-0.2, -0.15) is 0 Å². The van der Waals surface area contributed by atoms with Crippen LogP contribution < -0.4 is 34.0 Å². The maximum absolute atomic E-state index is 0. The molecule has 32 valence electrons. The molecule has 0 aromatic heterocycles. The zero-order valence-corrected chi connectivity index (χ0v) is 6.88. The molecule has 0 bridgehead atoms. The van der Waals surface area contributed by atoms with Crippen LogP contribution in [0.4, 0.5) is 0 Å². The minimum absolute atomic E-state index is 0. The van der Waals surface area contributed by atoms with Crippen LogP contribution in [-0.2, 0) is 21.7 Å². The molecule has 0 aliphatic heterocycles. The van der Waals surface area contributed by atoms with Crippen molar-refractivity contribution in [2.75, 3.05) is 0 Å². The Bertz CT molecular complexity index is 7.61. The van der Waals surface area contributed by atoms with Crippen molar-refractivity contribution >= 4 is 0 Å². The second-order valence-corrected chi connectivity index (χ2v) is 0. The van der Waals surface area contributed by atoms with Crippen molar-refractivity contribution in [1.82, 2.24) is 0 Å². The van der Waals surface area contributed by atoms with E-state index in [1.807, 2.05) is 0 Å². The molecule has 0 spiro atoms. The maximum atomic E-state index is 0. The van der Waals surface area contributed by atoms with E-state index in [0.29, 0.717) is 0 Å². The molecule has 0 aliphatic rings. The molecule has 0 saturated carbocycles. The minimum Gasteiger partial charge on any atom is -1.00 e. The fourth-order valence-electron chi connectivity index (χ4n) is 0. The van der Waals surface area contributed by atoms with E-state index in [2.05, 4.69) is 0 Å². The molecule has 0 saturated heterocycles. The number of hydrogen-bond acceptors (Lipinski definition) is 2. The molecule has 0 heterocycles. The predicted octanol–water partition coefficient (Wildman–Crippen LogP) is -6.35. The average Bonchev–Trinajstić information content (AvgIpc) is 0. The zero-order chi connectivity index (χ0) is 0. The number of rotatable bonds is 0. The molecule has 2 N–H and O–H groups in total. The maximum Gasteiger partial charge on any atom is 4.00 e. The Morgan fingerprint density at radius 2 is 0.600 bits per heavy atom. The van der Waals surface area contributed by atoms with Crippen molar-refractivity contribution < 1.29 is 66.6 Å². The van der Waals surface area contributed by atoms with Gasteiger partial charge >= 0.3 is 21.7 Å². The van der Waals surface area contributed by atoms with E-state index in [9.17, 15) is 0 Å². The van der Waals surface area contributed by atoms with E-state index in [1.165, 1.54) is 0 Å². The molecule has 0 rings (SSSR count). The molecule has 0 unspecified atom stereocenters. The van der Waals surface area contributed by atoms with E-state index in [0.717, 1.165) is 0 Å². The van der Waals surface area contributed by atoms with Crippen molar-refractivity contribution in [3.05, 3.63) is 0 Å². The van der Waals surface area contributed by atoms with Crippen LogP contribution >= 0.6 is 0 Å². The van der Waals surface area contributed by atoms with Crippen LogP contribution in [0.2, 0.25) is 0 Å². The molecule has 0 aliphatic carbocycles. The molecule has 2 nitrogen and oxygen atoms in total. The van der Waals surface area contributed by atoms with Crippen molar-refractivity contribution in [3.8, 4) is 0 Å². The summed E-state index contributed by atoms with van der Waals surface area (Å²) in [6.07, 6.45) is 0. The number of halogens is 2. The quantitative estimate of drug-likeness (QED) is 0.396. The van der Waals surface area contributed by atoms with Gasteiger partial charge in [0.1, 0.15) is 0 Å². The van der Waals surface area contributed by atoms with Gasteiger partial charge in [-0.1, -0.05) is 0 Å². The topological polar surface area (TPSA) is 60.0 Å². The van der Waals surface area contributed by atoms with Crippen molar-refractivity contribution in [1.29, 1.82) is 0 Å². The summed E-state index contributed by atoms with van der Waals surface area (Å²) in [5.41, 5.74) is 0. The molecule has 0 atom stereocenters. The summed E-state index contributed by atoms with van der Waals surface area (Å²) in [5.74, 6) is 0. The normalized spacial score (nSPS) is 0. The van der Waals surface area contributed by atoms with Gasteiger partial charge in [0.2, 0.25) is 0 Å². The summed E-state index contributed by atoms with van der Waals surface area (Å²) in [6, 6.07) is 0. The van der Waals surface area contributed by atoms with Gasteiger partial charge in [-0.05, 0) is 0 Å². The van der Waals surface area contributed by atoms with E-state index >= 15 is 0 Å². The van der Waals surface area contributed by atoms with Crippen LogP contribution in [0.5, 0.6) is 0 Å². The molecule has 0 aromatic rings. The third-order valence-electron chi connectivity index (χ3n) is 0. The van der Waals surface area contributed by atoms with Crippen LogP contribution in [0.25, 0.3) is 0 Å². The minimum atomic E-state index is 0. The van der Waals surface area contributed by atoms with Gasteiger partial charge in [0.25, 0.3) is 0 Å². The SMILES string of the molecule is [Br-].[Br-].[OH-].[OH-].[Ti+4]. The first-order valence-corrected chi connectivity index (χ1v) is 0. The molecule has 5 heteroatoms. The first kappa shape index (κ1) is 81.2. The Labute approximate surface area is 66.4 Å². The molecular formula is H2Br2O2Ti.